The molecule has 0 atom stereocenters. The fourth-order valence-electron chi connectivity index (χ4n) is 3.70. The van der Waals surface area contributed by atoms with E-state index in [9.17, 15) is 4.79 Å². The maximum atomic E-state index is 12.9. The molecule has 0 aliphatic carbocycles. The monoisotopic (exact) mass is 356 g/mol. The summed E-state index contributed by atoms with van der Waals surface area (Å²) in [7, 11) is 0. The number of amides is 1. The van der Waals surface area contributed by atoms with Crippen LogP contribution in [-0.4, -0.2) is 57.9 Å². The molecule has 0 saturated carbocycles. The molecule has 2 fully saturated rings. The van der Waals surface area contributed by atoms with Gasteiger partial charge in [0.15, 0.2) is 11.5 Å². The number of carbonyl (C=O) groups excluding carboxylic acids is 1. The Hall–Kier alpha value is -2.25. The first-order chi connectivity index (χ1) is 12.5. The number of carbonyl (C=O) groups is 1. The van der Waals surface area contributed by atoms with Crippen molar-refractivity contribution in [3.8, 4) is 5.69 Å². The highest BCUT2D eigenvalue weighted by atomic mass is 16.7. The van der Waals surface area contributed by atoms with Crippen LogP contribution in [0, 0.1) is 20.8 Å². The Morgan fingerprint density at radius 1 is 1.08 bits per heavy atom. The molecule has 0 radical (unpaired) electrons. The predicted molar refractivity (Wildman–Crippen MR) is 95.3 cm³/mol. The molecule has 26 heavy (non-hydrogen) atoms. The maximum Gasteiger partial charge on any atom is 0.276 e. The van der Waals surface area contributed by atoms with E-state index in [1.54, 1.807) is 4.80 Å². The van der Waals surface area contributed by atoms with Crippen molar-refractivity contribution < 1.29 is 14.3 Å². The van der Waals surface area contributed by atoms with Gasteiger partial charge in [0.1, 0.15) is 0 Å². The SMILES string of the molecule is Cc1ccc(-n2nc(C)c(C(=O)N3CCC4(CC3)OCCO4)n2)c(C)c1. The Balaban J connectivity index is 1.53. The predicted octanol–water partition coefficient (Wildman–Crippen LogP) is 2.17. The van der Waals surface area contributed by atoms with E-state index in [1.807, 2.05) is 30.9 Å². The summed E-state index contributed by atoms with van der Waals surface area (Å²) in [4.78, 5) is 16.3. The Labute approximate surface area is 152 Å². The Kier molecular flexibility index (Phi) is 4.28. The van der Waals surface area contributed by atoms with Gasteiger partial charge in [-0.25, -0.2) is 0 Å². The van der Waals surface area contributed by atoms with E-state index >= 15 is 0 Å². The third kappa shape index (κ3) is 3.01. The molecule has 7 heteroatoms. The van der Waals surface area contributed by atoms with Crippen molar-refractivity contribution in [2.24, 2.45) is 0 Å². The maximum absolute atomic E-state index is 12.9. The summed E-state index contributed by atoms with van der Waals surface area (Å²) < 4.78 is 11.5. The van der Waals surface area contributed by atoms with Gasteiger partial charge in [0.05, 0.1) is 24.6 Å². The minimum Gasteiger partial charge on any atom is -0.347 e. The van der Waals surface area contributed by atoms with E-state index in [-0.39, 0.29) is 5.91 Å². The first kappa shape index (κ1) is 17.2. The highest BCUT2D eigenvalue weighted by molar-refractivity contribution is 5.93. The van der Waals surface area contributed by atoms with Crippen LogP contribution in [0.2, 0.25) is 0 Å². The summed E-state index contributed by atoms with van der Waals surface area (Å²) in [5, 5.41) is 8.95. The molecular weight excluding hydrogens is 332 g/mol. The second kappa shape index (κ2) is 6.48. The molecule has 0 unspecified atom stereocenters. The molecule has 0 N–H and O–H groups in total. The molecule has 2 saturated heterocycles. The van der Waals surface area contributed by atoms with Gasteiger partial charge in [0.25, 0.3) is 5.91 Å². The normalized spacial score (nSPS) is 19.3. The van der Waals surface area contributed by atoms with Gasteiger partial charge < -0.3 is 14.4 Å². The highest BCUT2D eigenvalue weighted by Gasteiger charge is 2.41. The third-order valence-corrected chi connectivity index (χ3v) is 5.18. The quantitative estimate of drug-likeness (QED) is 0.825. The van der Waals surface area contributed by atoms with Crippen molar-refractivity contribution in [3.05, 3.63) is 40.7 Å². The lowest BCUT2D eigenvalue weighted by atomic mass is 10.0. The number of hydrogen-bond donors (Lipinski definition) is 0. The lowest BCUT2D eigenvalue weighted by Crippen LogP contribution is -2.47. The minimum atomic E-state index is -0.484. The molecule has 1 amide bonds. The number of ether oxygens (including phenoxy) is 2. The number of likely N-dealkylation sites (tertiary alicyclic amines) is 1. The Morgan fingerprint density at radius 2 is 1.77 bits per heavy atom. The third-order valence-electron chi connectivity index (χ3n) is 5.18. The molecule has 1 spiro atoms. The summed E-state index contributed by atoms with van der Waals surface area (Å²) >= 11 is 0. The molecular formula is C19H24N4O3. The largest absolute Gasteiger partial charge is 0.347 e. The van der Waals surface area contributed by atoms with Crippen LogP contribution in [0.5, 0.6) is 0 Å². The number of benzene rings is 1. The van der Waals surface area contributed by atoms with Gasteiger partial charge in [-0.15, -0.1) is 5.10 Å². The molecule has 2 aliphatic heterocycles. The fraction of sp³-hybridized carbons (Fsp3) is 0.526. The van der Waals surface area contributed by atoms with Crippen molar-refractivity contribution in [1.29, 1.82) is 0 Å². The highest BCUT2D eigenvalue weighted by Crippen LogP contribution is 2.31. The molecule has 0 bridgehead atoms. The minimum absolute atomic E-state index is 0.0774. The average molecular weight is 356 g/mol. The summed E-state index contributed by atoms with van der Waals surface area (Å²) in [6, 6.07) is 6.09. The van der Waals surface area contributed by atoms with Gasteiger partial charge in [-0.2, -0.15) is 9.90 Å². The molecule has 4 rings (SSSR count). The van der Waals surface area contributed by atoms with Crippen molar-refractivity contribution in [2.75, 3.05) is 26.3 Å². The van der Waals surface area contributed by atoms with E-state index in [0.717, 1.165) is 11.3 Å². The van der Waals surface area contributed by atoms with Gasteiger partial charge >= 0.3 is 0 Å². The second-order valence-corrected chi connectivity index (χ2v) is 7.11. The van der Waals surface area contributed by atoms with Gasteiger partial charge in [-0.1, -0.05) is 17.7 Å². The van der Waals surface area contributed by atoms with E-state index in [0.29, 0.717) is 50.5 Å². The number of hydrogen-bond acceptors (Lipinski definition) is 5. The molecule has 2 aliphatic rings. The van der Waals surface area contributed by atoms with Crippen LogP contribution in [0.3, 0.4) is 0 Å². The van der Waals surface area contributed by atoms with Gasteiger partial charge in [-0.3, -0.25) is 4.79 Å². The molecule has 3 heterocycles. The van der Waals surface area contributed by atoms with Crippen molar-refractivity contribution >= 4 is 5.91 Å². The summed E-state index contributed by atoms with van der Waals surface area (Å²) in [6.45, 7) is 8.38. The number of piperidine rings is 1. The summed E-state index contributed by atoms with van der Waals surface area (Å²) in [6.07, 6.45) is 1.39. The topological polar surface area (TPSA) is 69.5 Å². The zero-order chi connectivity index (χ0) is 18.3. The van der Waals surface area contributed by atoms with Crippen molar-refractivity contribution in [2.45, 2.75) is 39.4 Å². The van der Waals surface area contributed by atoms with Crippen molar-refractivity contribution in [3.63, 3.8) is 0 Å². The molecule has 2 aromatic rings. The zero-order valence-corrected chi connectivity index (χ0v) is 15.5. The first-order valence-electron chi connectivity index (χ1n) is 9.06. The smallest absolute Gasteiger partial charge is 0.276 e. The van der Waals surface area contributed by atoms with Crippen LogP contribution >= 0.6 is 0 Å². The average Bonchev–Trinajstić information content (AvgIpc) is 3.22. The number of rotatable bonds is 2. The van der Waals surface area contributed by atoms with Crippen LogP contribution < -0.4 is 0 Å². The molecule has 138 valence electrons. The van der Waals surface area contributed by atoms with Crippen LogP contribution in [0.1, 0.15) is 40.2 Å². The standard InChI is InChI=1S/C19H24N4O3/c1-13-4-5-16(14(2)12-13)23-20-15(3)17(21-23)18(24)22-8-6-19(7-9-22)25-10-11-26-19/h4-5,12H,6-11H2,1-3H3. The molecule has 1 aromatic heterocycles. The van der Waals surface area contributed by atoms with E-state index in [1.165, 1.54) is 5.56 Å². The second-order valence-electron chi connectivity index (χ2n) is 7.11. The lowest BCUT2D eigenvalue weighted by Gasteiger charge is -2.37. The van der Waals surface area contributed by atoms with Crippen LogP contribution in [-0.2, 0) is 9.47 Å². The van der Waals surface area contributed by atoms with E-state index in [4.69, 9.17) is 9.47 Å². The lowest BCUT2D eigenvalue weighted by molar-refractivity contribution is -0.181. The number of aromatic nitrogens is 3. The Morgan fingerprint density at radius 3 is 2.42 bits per heavy atom. The number of nitrogens with zero attached hydrogens (tertiary/aromatic N) is 4. The molecule has 1 aromatic carbocycles. The van der Waals surface area contributed by atoms with E-state index in [2.05, 4.69) is 23.2 Å². The first-order valence-corrected chi connectivity index (χ1v) is 9.06. The van der Waals surface area contributed by atoms with Crippen LogP contribution in [0.15, 0.2) is 18.2 Å². The van der Waals surface area contributed by atoms with Crippen LogP contribution in [0.4, 0.5) is 0 Å². The van der Waals surface area contributed by atoms with Gasteiger partial charge in [0.2, 0.25) is 0 Å². The van der Waals surface area contributed by atoms with Gasteiger partial charge in [-0.05, 0) is 32.4 Å². The van der Waals surface area contributed by atoms with E-state index < -0.39 is 5.79 Å². The van der Waals surface area contributed by atoms with Crippen LogP contribution in [0.25, 0.3) is 5.69 Å². The Bertz CT molecular complexity index is 829. The van der Waals surface area contributed by atoms with Crippen molar-refractivity contribution in [1.82, 2.24) is 19.9 Å². The number of aryl methyl sites for hydroxylation is 3. The molecule has 7 nitrogen and oxygen atoms in total. The summed E-state index contributed by atoms with van der Waals surface area (Å²) in [5.74, 6) is -0.561. The summed E-state index contributed by atoms with van der Waals surface area (Å²) in [5.41, 5.74) is 4.21. The van der Waals surface area contributed by atoms with Gasteiger partial charge in [0, 0.05) is 25.9 Å². The zero-order valence-electron chi connectivity index (χ0n) is 15.5. The fourth-order valence-corrected chi connectivity index (χ4v) is 3.70.